The molecule has 142 valence electrons. The Kier molecular flexibility index (Phi) is 10.7. The van der Waals surface area contributed by atoms with Gasteiger partial charge in [0.25, 0.3) is 0 Å². The number of hydrogen-bond acceptors (Lipinski definition) is 3. The van der Waals surface area contributed by atoms with Gasteiger partial charge in [0.1, 0.15) is 5.82 Å². The number of carboxylic acid groups (broad SMARTS) is 1. The third-order valence-electron chi connectivity index (χ3n) is 3.61. The van der Waals surface area contributed by atoms with Gasteiger partial charge in [0.2, 0.25) is 0 Å². The molecule has 1 rings (SSSR count). The molecule has 1 aromatic carbocycles. The van der Waals surface area contributed by atoms with Crippen molar-refractivity contribution in [3.8, 4) is 6.07 Å². The highest BCUT2D eigenvalue weighted by Gasteiger charge is 2.07. The number of nitriles is 1. The SMILES string of the molecule is C/C=C(\C=NC)C(=O)O.C=C(/C(C#N)=C\C(C)=C/C)c1ccc(F)c(C)c1. The number of carboxylic acids is 1. The number of hydrogen-bond donors (Lipinski definition) is 1. The van der Waals surface area contributed by atoms with Crippen molar-refractivity contribution >= 4 is 17.8 Å². The highest BCUT2D eigenvalue weighted by atomic mass is 19.1. The zero-order chi connectivity index (χ0) is 21.0. The molecule has 0 saturated carbocycles. The summed E-state index contributed by atoms with van der Waals surface area (Å²) in [6.45, 7) is 11.1. The number of aliphatic carboxylic acids is 1. The maximum Gasteiger partial charge on any atom is 0.336 e. The van der Waals surface area contributed by atoms with Gasteiger partial charge in [-0.25, -0.2) is 9.18 Å². The zero-order valence-electron chi connectivity index (χ0n) is 16.4. The van der Waals surface area contributed by atoms with Crippen LogP contribution >= 0.6 is 0 Å². The van der Waals surface area contributed by atoms with Gasteiger partial charge < -0.3 is 5.11 Å². The standard InChI is InChI=1S/C16H16FN.C6H9NO2/c1-5-11(2)8-15(10-18)13(4)14-6-7-16(17)12(3)9-14;1-3-5(4-7-2)6(8)9/h5-9H,4H2,1-3H3;3-4H,1-2H3,(H,8,9)/b11-5-,15-8-;5-3+,7-4?. The van der Waals surface area contributed by atoms with Crippen molar-refractivity contribution in [1.29, 1.82) is 5.26 Å². The molecular weight excluding hydrogens is 343 g/mol. The number of allylic oxidation sites excluding steroid dienone is 6. The molecule has 0 fully saturated rings. The summed E-state index contributed by atoms with van der Waals surface area (Å²) in [6.07, 6.45) is 6.50. The molecule has 27 heavy (non-hydrogen) atoms. The predicted octanol–water partition coefficient (Wildman–Crippen LogP) is 5.28. The molecule has 0 amide bonds. The van der Waals surface area contributed by atoms with Gasteiger partial charge in [-0.1, -0.05) is 30.4 Å². The lowest BCUT2D eigenvalue weighted by molar-refractivity contribution is -0.132. The Morgan fingerprint density at radius 1 is 1.33 bits per heavy atom. The molecule has 0 unspecified atom stereocenters. The minimum absolute atomic E-state index is 0.220. The molecule has 0 heterocycles. The van der Waals surface area contributed by atoms with Gasteiger partial charge in [0.05, 0.1) is 17.2 Å². The lowest BCUT2D eigenvalue weighted by Crippen LogP contribution is -2.00. The molecule has 0 saturated heterocycles. The lowest BCUT2D eigenvalue weighted by atomic mass is 9.97. The summed E-state index contributed by atoms with van der Waals surface area (Å²) in [5.74, 6) is -1.19. The second kappa shape index (κ2) is 12.2. The Morgan fingerprint density at radius 3 is 2.33 bits per heavy atom. The molecular formula is C22H25FN2O2. The predicted molar refractivity (Wildman–Crippen MR) is 109 cm³/mol. The van der Waals surface area contributed by atoms with Crippen LogP contribution in [0.1, 0.15) is 31.9 Å². The van der Waals surface area contributed by atoms with E-state index >= 15 is 0 Å². The van der Waals surface area contributed by atoms with E-state index in [2.05, 4.69) is 17.6 Å². The van der Waals surface area contributed by atoms with Crippen LogP contribution in [0.5, 0.6) is 0 Å². The summed E-state index contributed by atoms with van der Waals surface area (Å²) in [4.78, 5) is 13.7. The monoisotopic (exact) mass is 368 g/mol. The Balaban J connectivity index is 0.000000636. The van der Waals surface area contributed by atoms with Crippen LogP contribution in [-0.4, -0.2) is 24.3 Å². The average Bonchev–Trinajstić information content (AvgIpc) is 2.65. The third kappa shape index (κ3) is 8.10. The van der Waals surface area contributed by atoms with Crippen LogP contribution in [0, 0.1) is 24.1 Å². The van der Waals surface area contributed by atoms with Crippen molar-refractivity contribution < 1.29 is 14.3 Å². The number of aliphatic imine (C=N–C) groups is 1. The van der Waals surface area contributed by atoms with E-state index in [1.54, 1.807) is 32.1 Å². The highest BCUT2D eigenvalue weighted by molar-refractivity contribution is 6.08. The van der Waals surface area contributed by atoms with E-state index in [0.717, 1.165) is 11.1 Å². The minimum Gasteiger partial charge on any atom is -0.478 e. The van der Waals surface area contributed by atoms with Gasteiger partial charge in [0, 0.05) is 13.3 Å². The molecule has 0 bridgehead atoms. The normalized spacial score (nSPS) is 12.3. The van der Waals surface area contributed by atoms with E-state index in [9.17, 15) is 9.18 Å². The van der Waals surface area contributed by atoms with Crippen molar-refractivity contribution in [3.05, 3.63) is 76.7 Å². The largest absolute Gasteiger partial charge is 0.478 e. The number of benzene rings is 1. The Labute approximate surface area is 160 Å². The van der Waals surface area contributed by atoms with Crippen molar-refractivity contribution in [2.24, 2.45) is 4.99 Å². The topological polar surface area (TPSA) is 73.4 Å². The van der Waals surface area contributed by atoms with E-state index in [1.807, 2.05) is 19.9 Å². The first-order chi connectivity index (χ1) is 12.7. The lowest BCUT2D eigenvalue weighted by Gasteiger charge is -2.06. The van der Waals surface area contributed by atoms with Gasteiger partial charge in [-0.05, 0) is 62.6 Å². The van der Waals surface area contributed by atoms with Crippen LogP contribution < -0.4 is 0 Å². The van der Waals surface area contributed by atoms with Gasteiger partial charge in [-0.15, -0.1) is 0 Å². The second-order valence-corrected chi connectivity index (χ2v) is 5.58. The molecule has 0 aliphatic heterocycles. The number of halogens is 1. The maximum absolute atomic E-state index is 13.2. The summed E-state index contributed by atoms with van der Waals surface area (Å²) >= 11 is 0. The fourth-order valence-corrected chi connectivity index (χ4v) is 1.88. The van der Waals surface area contributed by atoms with Crippen molar-refractivity contribution in [3.63, 3.8) is 0 Å². The van der Waals surface area contributed by atoms with Crippen LogP contribution in [-0.2, 0) is 4.79 Å². The number of aryl methyl sites for hydroxylation is 1. The summed E-state index contributed by atoms with van der Waals surface area (Å²) < 4.78 is 13.2. The number of carbonyl (C=O) groups is 1. The van der Waals surface area contributed by atoms with Crippen LogP contribution in [0.2, 0.25) is 0 Å². The fraction of sp³-hybridized carbons (Fsp3) is 0.227. The molecule has 4 nitrogen and oxygen atoms in total. The quantitative estimate of drug-likeness (QED) is 0.332. The van der Waals surface area contributed by atoms with Crippen molar-refractivity contribution in [2.45, 2.75) is 27.7 Å². The molecule has 0 spiro atoms. The molecule has 0 aliphatic carbocycles. The van der Waals surface area contributed by atoms with Gasteiger partial charge >= 0.3 is 5.97 Å². The van der Waals surface area contributed by atoms with Crippen molar-refractivity contribution in [1.82, 2.24) is 0 Å². The molecule has 0 radical (unpaired) electrons. The van der Waals surface area contributed by atoms with E-state index in [1.165, 1.54) is 25.4 Å². The summed E-state index contributed by atoms with van der Waals surface area (Å²) in [6, 6.07) is 6.86. The highest BCUT2D eigenvalue weighted by Crippen LogP contribution is 2.23. The van der Waals surface area contributed by atoms with E-state index in [4.69, 9.17) is 10.4 Å². The average molecular weight is 368 g/mol. The van der Waals surface area contributed by atoms with Crippen molar-refractivity contribution in [2.75, 3.05) is 7.05 Å². The molecule has 1 N–H and O–H groups in total. The Morgan fingerprint density at radius 2 is 1.96 bits per heavy atom. The van der Waals surface area contributed by atoms with Gasteiger partial charge in [-0.3, -0.25) is 4.99 Å². The Hall–Kier alpha value is -3.26. The number of rotatable bonds is 5. The van der Waals surface area contributed by atoms with Crippen LogP contribution in [0.15, 0.2) is 64.7 Å². The zero-order valence-corrected chi connectivity index (χ0v) is 16.4. The van der Waals surface area contributed by atoms with Gasteiger partial charge in [0.15, 0.2) is 0 Å². The van der Waals surface area contributed by atoms with Crippen LogP contribution in [0.25, 0.3) is 5.57 Å². The molecule has 0 aromatic heterocycles. The van der Waals surface area contributed by atoms with E-state index < -0.39 is 5.97 Å². The first kappa shape index (κ1) is 23.7. The molecule has 0 atom stereocenters. The molecule has 1 aromatic rings. The van der Waals surface area contributed by atoms with Crippen LogP contribution in [0.3, 0.4) is 0 Å². The summed E-state index contributed by atoms with van der Waals surface area (Å²) in [5.41, 5.74) is 3.64. The Bertz CT molecular complexity index is 854. The summed E-state index contributed by atoms with van der Waals surface area (Å²) in [7, 11) is 1.53. The fourth-order valence-electron chi connectivity index (χ4n) is 1.88. The first-order valence-corrected chi connectivity index (χ1v) is 8.24. The minimum atomic E-state index is -0.942. The maximum atomic E-state index is 13.2. The molecule has 5 heteroatoms. The second-order valence-electron chi connectivity index (χ2n) is 5.58. The van der Waals surface area contributed by atoms with Crippen LogP contribution in [0.4, 0.5) is 4.39 Å². The van der Waals surface area contributed by atoms with E-state index in [0.29, 0.717) is 16.7 Å². The molecule has 0 aliphatic rings. The van der Waals surface area contributed by atoms with Gasteiger partial charge in [-0.2, -0.15) is 5.26 Å². The third-order valence-corrected chi connectivity index (χ3v) is 3.61. The van der Waals surface area contributed by atoms with E-state index in [-0.39, 0.29) is 11.4 Å². The number of nitrogens with zero attached hydrogens (tertiary/aromatic N) is 2. The smallest absolute Gasteiger partial charge is 0.336 e. The summed E-state index contributed by atoms with van der Waals surface area (Å²) in [5, 5.41) is 17.5. The first-order valence-electron chi connectivity index (χ1n) is 8.24.